The molecule has 0 aliphatic heterocycles. The van der Waals surface area contributed by atoms with Crippen molar-refractivity contribution < 1.29 is 9.21 Å². The third-order valence-electron chi connectivity index (χ3n) is 2.98. The zero-order valence-corrected chi connectivity index (χ0v) is 12.2. The van der Waals surface area contributed by atoms with E-state index in [1.807, 2.05) is 26.0 Å². The van der Waals surface area contributed by atoms with Gasteiger partial charge in [-0.05, 0) is 38.1 Å². The molecule has 0 saturated carbocycles. The second-order valence-corrected chi connectivity index (χ2v) is 4.75. The number of pyridine rings is 1. The fourth-order valence-electron chi connectivity index (χ4n) is 1.86. The first kappa shape index (κ1) is 14.8. The molecule has 0 aliphatic rings. The van der Waals surface area contributed by atoms with Gasteiger partial charge in [0.25, 0.3) is 5.91 Å². The fraction of sp³-hybridized carbons (Fsp3) is 0.250. The summed E-state index contributed by atoms with van der Waals surface area (Å²) in [5.41, 5.74) is 0.517. The smallest absolute Gasteiger partial charge is 0.253 e. The van der Waals surface area contributed by atoms with E-state index in [0.717, 1.165) is 11.5 Å². The molecule has 0 fully saturated rings. The molecule has 21 heavy (non-hydrogen) atoms. The minimum absolute atomic E-state index is 0.00615. The van der Waals surface area contributed by atoms with Crippen LogP contribution < -0.4 is 10.6 Å². The van der Waals surface area contributed by atoms with Gasteiger partial charge in [0.2, 0.25) is 0 Å². The lowest BCUT2D eigenvalue weighted by Gasteiger charge is -2.12. The zero-order valence-electron chi connectivity index (χ0n) is 12.2. The van der Waals surface area contributed by atoms with Crippen LogP contribution in [-0.2, 0) is 0 Å². The summed E-state index contributed by atoms with van der Waals surface area (Å²) in [5, 5.41) is 5.93. The van der Waals surface area contributed by atoms with Crippen molar-refractivity contribution in [2.75, 3.05) is 11.9 Å². The molecule has 2 N–H and O–H groups in total. The number of aryl methyl sites for hydroxylation is 1. The van der Waals surface area contributed by atoms with Crippen LogP contribution in [0.4, 0.5) is 5.82 Å². The summed E-state index contributed by atoms with van der Waals surface area (Å²) in [6.07, 6.45) is 3.18. The predicted molar refractivity (Wildman–Crippen MR) is 82.2 cm³/mol. The van der Waals surface area contributed by atoms with Crippen molar-refractivity contribution in [1.29, 1.82) is 0 Å². The van der Waals surface area contributed by atoms with Gasteiger partial charge in [0.1, 0.15) is 17.3 Å². The maximum absolute atomic E-state index is 11.7. The van der Waals surface area contributed by atoms with Crippen LogP contribution in [-0.4, -0.2) is 17.4 Å². The van der Waals surface area contributed by atoms with Gasteiger partial charge in [-0.25, -0.2) is 4.98 Å². The standard InChI is InChI=1S/C16H19N3O2/c1-4-9-17-16(20)13-6-8-15(18-10-13)19-12(3)14-7-5-11(2)21-14/h4-8,10,12H,1,9H2,2-3H3,(H,17,20)(H,18,19)/t12-/m0/s1. The molecule has 0 radical (unpaired) electrons. The average Bonchev–Trinajstić information content (AvgIpc) is 2.92. The minimum atomic E-state index is -0.163. The van der Waals surface area contributed by atoms with Crippen molar-refractivity contribution in [3.05, 3.63) is 60.2 Å². The van der Waals surface area contributed by atoms with Crippen LogP contribution in [0.25, 0.3) is 0 Å². The monoisotopic (exact) mass is 285 g/mol. The second kappa shape index (κ2) is 6.74. The molecule has 2 rings (SSSR count). The van der Waals surface area contributed by atoms with Crippen LogP contribution >= 0.6 is 0 Å². The highest BCUT2D eigenvalue weighted by atomic mass is 16.3. The highest BCUT2D eigenvalue weighted by molar-refractivity contribution is 5.94. The minimum Gasteiger partial charge on any atom is -0.464 e. The Labute approximate surface area is 124 Å². The summed E-state index contributed by atoms with van der Waals surface area (Å²) in [7, 11) is 0. The average molecular weight is 285 g/mol. The fourth-order valence-corrected chi connectivity index (χ4v) is 1.86. The quantitative estimate of drug-likeness (QED) is 0.800. The number of hydrogen-bond donors (Lipinski definition) is 2. The molecule has 2 aromatic rings. The molecular weight excluding hydrogens is 266 g/mol. The highest BCUT2D eigenvalue weighted by Gasteiger charge is 2.10. The van der Waals surface area contributed by atoms with Crippen molar-refractivity contribution in [2.24, 2.45) is 0 Å². The Balaban J connectivity index is 1.99. The molecule has 0 unspecified atom stereocenters. The summed E-state index contributed by atoms with van der Waals surface area (Å²) in [4.78, 5) is 16.0. The molecule has 0 aromatic carbocycles. The lowest BCUT2D eigenvalue weighted by molar-refractivity contribution is 0.0957. The van der Waals surface area contributed by atoms with Gasteiger partial charge in [-0.3, -0.25) is 4.79 Å². The third kappa shape index (κ3) is 3.95. The van der Waals surface area contributed by atoms with Crippen molar-refractivity contribution in [2.45, 2.75) is 19.9 Å². The number of aromatic nitrogens is 1. The lowest BCUT2D eigenvalue weighted by Crippen LogP contribution is -2.23. The van der Waals surface area contributed by atoms with Crippen molar-refractivity contribution >= 4 is 11.7 Å². The van der Waals surface area contributed by atoms with Gasteiger partial charge in [-0.2, -0.15) is 0 Å². The van der Waals surface area contributed by atoms with Gasteiger partial charge in [0, 0.05) is 12.7 Å². The predicted octanol–water partition coefficient (Wildman–Crippen LogP) is 3.07. The number of hydrogen-bond acceptors (Lipinski definition) is 4. The van der Waals surface area contributed by atoms with Crippen LogP contribution in [0.1, 0.15) is 34.8 Å². The zero-order chi connectivity index (χ0) is 15.2. The Morgan fingerprint density at radius 3 is 2.81 bits per heavy atom. The van der Waals surface area contributed by atoms with Crippen molar-refractivity contribution in [1.82, 2.24) is 10.3 Å². The highest BCUT2D eigenvalue weighted by Crippen LogP contribution is 2.19. The summed E-state index contributed by atoms with van der Waals surface area (Å²) in [6.45, 7) is 7.89. The van der Waals surface area contributed by atoms with E-state index in [0.29, 0.717) is 17.9 Å². The summed E-state index contributed by atoms with van der Waals surface area (Å²) in [6, 6.07) is 7.37. The second-order valence-electron chi connectivity index (χ2n) is 4.75. The van der Waals surface area contributed by atoms with E-state index >= 15 is 0 Å². The Kier molecular flexibility index (Phi) is 4.77. The Bertz CT molecular complexity index is 617. The van der Waals surface area contributed by atoms with Gasteiger partial charge in [-0.1, -0.05) is 6.08 Å². The largest absolute Gasteiger partial charge is 0.464 e. The van der Waals surface area contributed by atoms with Gasteiger partial charge in [0.05, 0.1) is 11.6 Å². The summed E-state index contributed by atoms with van der Waals surface area (Å²) >= 11 is 0. The van der Waals surface area contributed by atoms with Crippen LogP contribution in [0.3, 0.4) is 0 Å². The number of rotatable bonds is 6. The van der Waals surface area contributed by atoms with Gasteiger partial charge < -0.3 is 15.1 Å². The van der Waals surface area contributed by atoms with Gasteiger partial charge >= 0.3 is 0 Å². The molecular formula is C16H19N3O2. The van der Waals surface area contributed by atoms with Crippen molar-refractivity contribution in [3.63, 3.8) is 0 Å². The van der Waals surface area contributed by atoms with E-state index in [-0.39, 0.29) is 11.9 Å². The number of furan rings is 1. The number of carbonyl (C=O) groups is 1. The summed E-state index contributed by atoms with van der Waals surface area (Å²) in [5.74, 6) is 2.25. The number of nitrogens with one attached hydrogen (secondary N) is 2. The van der Waals surface area contributed by atoms with E-state index in [1.165, 1.54) is 0 Å². The Morgan fingerprint density at radius 1 is 1.43 bits per heavy atom. The summed E-state index contributed by atoms with van der Waals surface area (Å²) < 4.78 is 5.56. The maximum Gasteiger partial charge on any atom is 0.253 e. The molecule has 0 aliphatic carbocycles. The first-order valence-electron chi connectivity index (χ1n) is 6.78. The molecule has 5 nitrogen and oxygen atoms in total. The van der Waals surface area contributed by atoms with E-state index in [1.54, 1.807) is 24.4 Å². The SMILES string of the molecule is C=CCNC(=O)c1ccc(N[C@@H](C)c2ccc(C)o2)nc1. The number of amides is 1. The van der Waals surface area contributed by atoms with Crippen LogP contribution in [0.5, 0.6) is 0 Å². The maximum atomic E-state index is 11.7. The molecule has 2 heterocycles. The molecule has 5 heteroatoms. The number of nitrogens with zero attached hydrogens (tertiary/aromatic N) is 1. The molecule has 1 amide bonds. The van der Waals surface area contributed by atoms with E-state index in [2.05, 4.69) is 22.2 Å². The molecule has 0 bridgehead atoms. The number of anilines is 1. The molecule has 0 spiro atoms. The van der Waals surface area contributed by atoms with Gasteiger partial charge in [-0.15, -0.1) is 6.58 Å². The Morgan fingerprint density at radius 2 is 2.24 bits per heavy atom. The number of carbonyl (C=O) groups excluding carboxylic acids is 1. The van der Waals surface area contributed by atoms with Gasteiger partial charge in [0.15, 0.2) is 0 Å². The van der Waals surface area contributed by atoms with Crippen LogP contribution in [0.2, 0.25) is 0 Å². The first-order valence-corrected chi connectivity index (χ1v) is 6.78. The van der Waals surface area contributed by atoms with Crippen LogP contribution in [0.15, 0.2) is 47.5 Å². The van der Waals surface area contributed by atoms with Crippen LogP contribution in [0, 0.1) is 6.92 Å². The van der Waals surface area contributed by atoms with E-state index in [9.17, 15) is 4.79 Å². The van der Waals surface area contributed by atoms with Crippen molar-refractivity contribution in [3.8, 4) is 0 Å². The van der Waals surface area contributed by atoms with E-state index in [4.69, 9.17) is 4.42 Å². The third-order valence-corrected chi connectivity index (χ3v) is 2.98. The normalized spacial score (nSPS) is 11.7. The first-order chi connectivity index (χ1) is 10.1. The lowest BCUT2D eigenvalue weighted by atomic mass is 10.2. The molecule has 2 aromatic heterocycles. The van der Waals surface area contributed by atoms with E-state index < -0.39 is 0 Å². The molecule has 1 atom stereocenters. The molecule has 0 saturated heterocycles. The molecule has 110 valence electrons. The topological polar surface area (TPSA) is 67.2 Å². The Hall–Kier alpha value is -2.56.